The molecule has 2 aromatic rings. The SMILES string of the molecule is CC(C)(C)c1ccc(C(=O)NNC(=O)c2ccc([N+](=O)[O-])cc2)cc1Br. The molecule has 0 atom stereocenters. The molecule has 0 aliphatic carbocycles. The molecule has 2 N–H and O–H groups in total. The average molecular weight is 420 g/mol. The van der Waals surface area contributed by atoms with Gasteiger partial charge in [-0.05, 0) is 35.2 Å². The van der Waals surface area contributed by atoms with Crippen LogP contribution in [0.3, 0.4) is 0 Å². The van der Waals surface area contributed by atoms with Crippen LogP contribution in [0, 0.1) is 10.1 Å². The Labute approximate surface area is 159 Å². The average Bonchev–Trinajstić information content (AvgIpc) is 2.58. The summed E-state index contributed by atoms with van der Waals surface area (Å²) in [6, 6.07) is 10.3. The molecular weight excluding hydrogens is 402 g/mol. The number of hydrazine groups is 1. The molecule has 0 bridgehead atoms. The molecule has 0 aromatic heterocycles. The maximum absolute atomic E-state index is 12.2. The standard InChI is InChI=1S/C18H18BrN3O4/c1-18(2,3)14-9-6-12(10-15(14)19)17(24)21-20-16(23)11-4-7-13(8-5-11)22(25)26/h4-10H,1-3H3,(H,20,23)(H,21,24). The molecule has 0 aliphatic rings. The van der Waals surface area contributed by atoms with Gasteiger partial charge in [0.25, 0.3) is 17.5 Å². The largest absolute Gasteiger partial charge is 0.269 e. The van der Waals surface area contributed by atoms with Gasteiger partial charge in [0.2, 0.25) is 0 Å². The van der Waals surface area contributed by atoms with Crippen LogP contribution >= 0.6 is 15.9 Å². The molecule has 0 saturated carbocycles. The highest BCUT2D eigenvalue weighted by molar-refractivity contribution is 9.10. The second kappa shape index (κ2) is 7.65. The zero-order valence-corrected chi connectivity index (χ0v) is 16.1. The molecule has 7 nitrogen and oxygen atoms in total. The lowest BCUT2D eigenvalue weighted by Crippen LogP contribution is -2.41. The van der Waals surface area contributed by atoms with Gasteiger partial charge in [0, 0.05) is 27.7 Å². The molecule has 0 unspecified atom stereocenters. The number of nitro benzene ring substituents is 1. The van der Waals surface area contributed by atoms with Gasteiger partial charge in [-0.2, -0.15) is 0 Å². The second-order valence-electron chi connectivity index (χ2n) is 6.66. The molecule has 26 heavy (non-hydrogen) atoms. The van der Waals surface area contributed by atoms with Crippen molar-refractivity contribution in [2.45, 2.75) is 26.2 Å². The van der Waals surface area contributed by atoms with E-state index in [0.717, 1.165) is 10.0 Å². The zero-order chi connectivity index (χ0) is 19.5. The van der Waals surface area contributed by atoms with E-state index >= 15 is 0 Å². The van der Waals surface area contributed by atoms with Gasteiger partial charge in [-0.25, -0.2) is 0 Å². The zero-order valence-electron chi connectivity index (χ0n) is 14.5. The molecule has 2 aromatic carbocycles. The molecule has 0 aliphatic heterocycles. The Kier molecular flexibility index (Phi) is 5.76. The maximum Gasteiger partial charge on any atom is 0.269 e. The third kappa shape index (κ3) is 4.66. The highest BCUT2D eigenvalue weighted by Crippen LogP contribution is 2.30. The topological polar surface area (TPSA) is 101 Å². The minimum atomic E-state index is -0.571. The van der Waals surface area contributed by atoms with Crippen molar-refractivity contribution in [1.82, 2.24) is 10.9 Å². The second-order valence-corrected chi connectivity index (χ2v) is 7.51. The Morgan fingerprint density at radius 3 is 1.92 bits per heavy atom. The number of hydrogen-bond donors (Lipinski definition) is 2. The summed E-state index contributed by atoms with van der Waals surface area (Å²) >= 11 is 3.46. The maximum atomic E-state index is 12.2. The summed E-state index contributed by atoms with van der Waals surface area (Å²) in [5.74, 6) is -1.04. The van der Waals surface area contributed by atoms with Crippen LogP contribution in [0.1, 0.15) is 47.1 Å². The molecule has 0 fully saturated rings. The third-order valence-corrected chi connectivity index (χ3v) is 4.33. The molecule has 2 rings (SSSR count). The van der Waals surface area contributed by atoms with Crippen molar-refractivity contribution >= 4 is 33.4 Å². The molecular formula is C18H18BrN3O4. The fraction of sp³-hybridized carbons (Fsp3) is 0.222. The van der Waals surface area contributed by atoms with E-state index in [1.807, 2.05) is 6.07 Å². The predicted molar refractivity (Wildman–Crippen MR) is 101 cm³/mol. The Balaban J connectivity index is 2.03. The van der Waals surface area contributed by atoms with Gasteiger partial charge in [0.05, 0.1) is 4.92 Å². The van der Waals surface area contributed by atoms with E-state index < -0.39 is 16.7 Å². The summed E-state index contributed by atoms with van der Waals surface area (Å²) in [4.78, 5) is 34.3. The Morgan fingerprint density at radius 1 is 0.962 bits per heavy atom. The van der Waals surface area contributed by atoms with E-state index in [9.17, 15) is 19.7 Å². The molecule has 0 heterocycles. The van der Waals surface area contributed by atoms with Crippen molar-refractivity contribution in [1.29, 1.82) is 0 Å². The summed E-state index contributed by atoms with van der Waals surface area (Å²) < 4.78 is 0.805. The summed E-state index contributed by atoms with van der Waals surface area (Å²) in [6.45, 7) is 6.20. The summed E-state index contributed by atoms with van der Waals surface area (Å²) in [5, 5.41) is 10.6. The first-order valence-corrected chi connectivity index (χ1v) is 8.54. The Morgan fingerprint density at radius 2 is 1.46 bits per heavy atom. The van der Waals surface area contributed by atoms with Gasteiger partial charge in [0.1, 0.15) is 0 Å². The number of carbonyl (C=O) groups excluding carboxylic acids is 2. The number of benzene rings is 2. The third-order valence-electron chi connectivity index (χ3n) is 3.67. The molecule has 0 spiro atoms. The van der Waals surface area contributed by atoms with E-state index in [-0.39, 0.29) is 16.7 Å². The first kappa shape index (κ1) is 19.6. The van der Waals surface area contributed by atoms with E-state index in [2.05, 4.69) is 47.6 Å². The van der Waals surface area contributed by atoms with Crippen LogP contribution in [0.5, 0.6) is 0 Å². The monoisotopic (exact) mass is 419 g/mol. The van der Waals surface area contributed by atoms with Crippen LogP contribution < -0.4 is 10.9 Å². The summed E-state index contributed by atoms with van der Waals surface area (Å²) in [7, 11) is 0. The number of nitro groups is 1. The van der Waals surface area contributed by atoms with Gasteiger partial charge in [0.15, 0.2) is 0 Å². The lowest BCUT2D eigenvalue weighted by molar-refractivity contribution is -0.384. The Hall–Kier alpha value is -2.74. The highest BCUT2D eigenvalue weighted by atomic mass is 79.9. The van der Waals surface area contributed by atoms with Crippen LogP contribution in [-0.4, -0.2) is 16.7 Å². The number of non-ortho nitro benzene ring substituents is 1. The van der Waals surface area contributed by atoms with Gasteiger partial charge < -0.3 is 0 Å². The van der Waals surface area contributed by atoms with Crippen molar-refractivity contribution in [3.8, 4) is 0 Å². The van der Waals surface area contributed by atoms with Crippen LogP contribution in [-0.2, 0) is 5.41 Å². The normalized spacial score (nSPS) is 10.9. The van der Waals surface area contributed by atoms with Crippen LogP contribution in [0.25, 0.3) is 0 Å². The number of halogens is 1. The van der Waals surface area contributed by atoms with Crippen LogP contribution in [0.4, 0.5) is 5.69 Å². The molecule has 2 amide bonds. The minimum absolute atomic E-state index is 0.0715. The smallest absolute Gasteiger partial charge is 0.267 e. The lowest BCUT2D eigenvalue weighted by Gasteiger charge is -2.21. The minimum Gasteiger partial charge on any atom is -0.267 e. The van der Waals surface area contributed by atoms with Crippen molar-refractivity contribution in [2.24, 2.45) is 0 Å². The lowest BCUT2D eigenvalue weighted by atomic mass is 9.86. The van der Waals surface area contributed by atoms with Crippen molar-refractivity contribution in [3.05, 3.63) is 73.7 Å². The molecule has 0 saturated heterocycles. The van der Waals surface area contributed by atoms with Gasteiger partial charge >= 0.3 is 0 Å². The van der Waals surface area contributed by atoms with Crippen LogP contribution in [0.2, 0.25) is 0 Å². The van der Waals surface area contributed by atoms with Gasteiger partial charge in [-0.3, -0.25) is 30.6 Å². The number of nitrogens with one attached hydrogen (secondary N) is 2. The first-order chi connectivity index (χ1) is 12.1. The highest BCUT2D eigenvalue weighted by Gasteiger charge is 2.18. The van der Waals surface area contributed by atoms with E-state index in [1.54, 1.807) is 12.1 Å². The van der Waals surface area contributed by atoms with Crippen molar-refractivity contribution in [2.75, 3.05) is 0 Å². The fourth-order valence-electron chi connectivity index (χ4n) is 2.26. The van der Waals surface area contributed by atoms with Crippen LogP contribution in [0.15, 0.2) is 46.9 Å². The number of carbonyl (C=O) groups is 2. The van der Waals surface area contributed by atoms with Crippen molar-refractivity contribution in [3.63, 3.8) is 0 Å². The molecule has 8 heteroatoms. The first-order valence-electron chi connectivity index (χ1n) is 7.75. The van der Waals surface area contributed by atoms with E-state index in [0.29, 0.717) is 5.56 Å². The number of nitrogens with zero attached hydrogens (tertiary/aromatic N) is 1. The number of rotatable bonds is 3. The van der Waals surface area contributed by atoms with Gasteiger partial charge in [-0.15, -0.1) is 0 Å². The number of hydrogen-bond acceptors (Lipinski definition) is 4. The molecule has 0 radical (unpaired) electrons. The number of amides is 2. The predicted octanol–water partition coefficient (Wildman–Crippen LogP) is 3.73. The fourth-order valence-corrected chi connectivity index (χ4v) is 3.23. The van der Waals surface area contributed by atoms with E-state index in [1.165, 1.54) is 24.3 Å². The van der Waals surface area contributed by atoms with Crippen molar-refractivity contribution < 1.29 is 14.5 Å². The quantitative estimate of drug-likeness (QED) is 0.584. The molecule has 136 valence electrons. The van der Waals surface area contributed by atoms with Gasteiger partial charge in [-0.1, -0.05) is 42.8 Å². The Bertz CT molecular complexity index is 858. The summed E-state index contributed by atoms with van der Waals surface area (Å²) in [5.41, 5.74) is 6.06. The summed E-state index contributed by atoms with van der Waals surface area (Å²) in [6.07, 6.45) is 0. The van der Waals surface area contributed by atoms with E-state index in [4.69, 9.17) is 0 Å².